The number of aryl methyl sites for hydroxylation is 2. The predicted octanol–water partition coefficient (Wildman–Crippen LogP) is 2.04. The van der Waals surface area contributed by atoms with E-state index in [0.29, 0.717) is 12.4 Å². The SMILES string of the molecule is Cc1ccc(OCc2cc(C(=O)N3C[C@H](O)C[C@@H](O)C3)oc2C)cc1. The van der Waals surface area contributed by atoms with Gasteiger partial charge in [-0.15, -0.1) is 0 Å². The number of rotatable bonds is 4. The Balaban J connectivity index is 1.67. The smallest absolute Gasteiger partial charge is 0.289 e. The molecule has 1 aromatic heterocycles. The number of ether oxygens (including phenoxy) is 1. The van der Waals surface area contributed by atoms with Gasteiger partial charge in [0, 0.05) is 25.1 Å². The molecule has 2 heterocycles. The monoisotopic (exact) mass is 345 g/mol. The maximum absolute atomic E-state index is 12.5. The van der Waals surface area contributed by atoms with Crippen molar-refractivity contribution in [2.24, 2.45) is 0 Å². The molecular weight excluding hydrogens is 322 g/mol. The molecule has 0 saturated carbocycles. The molecule has 0 aliphatic carbocycles. The van der Waals surface area contributed by atoms with Crippen LogP contribution in [0.25, 0.3) is 0 Å². The molecule has 134 valence electrons. The number of benzene rings is 1. The molecule has 1 aliphatic rings. The van der Waals surface area contributed by atoms with E-state index in [1.807, 2.05) is 31.2 Å². The quantitative estimate of drug-likeness (QED) is 0.886. The molecule has 0 unspecified atom stereocenters. The van der Waals surface area contributed by atoms with Crippen LogP contribution in [0.2, 0.25) is 0 Å². The van der Waals surface area contributed by atoms with Crippen LogP contribution in [0, 0.1) is 13.8 Å². The number of likely N-dealkylation sites (tertiary alicyclic amines) is 1. The average Bonchev–Trinajstić information content (AvgIpc) is 2.93. The molecule has 6 nitrogen and oxygen atoms in total. The molecule has 0 bridgehead atoms. The van der Waals surface area contributed by atoms with Gasteiger partial charge >= 0.3 is 0 Å². The standard InChI is InChI=1S/C19H23NO5/c1-12-3-5-17(6-4-12)24-11-14-7-18(25-13(14)2)19(23)20-9-15(21)8-16(22)10-20/h3-7,15-16,21-22H,8-11H2,1-2H3/t15-,16-/m1/s1. The van der Waals surface area contributed by atoms with Gasteiger partial charge in [-0.25, -0.2) is 0 Å². The van der Waals surface area contributed by atoms with Crippen LogP contribution in [0.15, 0.2) is 34.7 Å². The van der Waals surface area contributed by atoms with E-state index in [1.54, 1.807) is 13.0 Å². The number of hydrogen-bond acceptors (Lipinski definition) is 5. The number of carbonyl (C=O) groups is 1. The lowest BCUT2D eigenvalue weighted by molar-refractivity contribution is -0.00508. The van der Waals surface area contributed by atoms with Crippen molar-refractivity contribution in [1.29, 1.82) is 0 Å². The molecule has 0 spiro atoms. The first-order chi connectivity index (χ1) is 11.9. The minimum absolute atomic E-state index is 0.196. The Morgan fingerprint density at radius 2 is 1.84 bits per heavy atom. The van der Waals surface area contributed by atoms with E-state index in [2.05, 4.69) is 0 Å². The van der Waals surface area contributed by atoms with E-state index < -0.39 is 12.2 Å². The highest BCUT2D eigenvalue weighted by Crippen LogP contribution is 2.21. The van der Waals surface area contributed by atoms with Crippen molar-refractivity contribution < 1.29 is 24.2 Å². The number of furan rings is 1. The van der Waals surface area contributed by atoms with Gasteiger partial charge in [0.15, 0.2) is 5.76 Å². The summed E-state index contributed by atoms with van der Waals surface area (Å²) in [6.07, 6.45) is -1.14. The van der Waals surface area contributed by atoms with Crippen LogP contribution in [-0.2, 0) is 6.61 Å². The molecule has 2 atom stereocenters. The highest BCUT2D eigenvalue weighted by atomic mass is 16.5. The summed E-state index contributed by atoms with van der Waals surface area (Å²) in [5, 5.41) is 19.5. The second-order valence-corrected chi connectivity index (χ2v) is 6.55. The van der Waals surface area contributed by atoms with E-state index in [4.69, 9.17) is 9.15 Å². The van der Waals surface area contributed by atoms with Gasteiger partial charge in [0.25, 0.3) is 5.91 Å². The Morgan fingerprint density at radius 1 is 1.20 bits per heavy atom. The van der Waals surface area contributed by atoms with Crippen molar-refractivity contribution in [3.8, 4) is 5.75 Å². The number of aliphatic hydroxyl groups excluding tert-OH is 2. The zero-order chi connectivity index (χ0) is 18.0. The first-order valence-corrected chi connectivity index (χ1v) is 8.36. The Morgan fingerprint density at radius 3 is 2.48 bits per heavy atom. The number of amides is 1. The number of β-amino-alcohol motifs (C(OH)–C–C–N with tert-alkyl or cyclic N) is 2. The topological polar surface area (TPSA) is 83.1 Å². The van der Waals surface area contributed by atoms with E-state index in [9.17, 15) is 15.0 Å². The Kier molecular flexibility index (Phi) is 5.11. The number of carbonyl (C=O) groups excluding carboxylic acids is 1. The fraction of sp³-hybridized carbons (Fsp3) is 0.421. The zero-order valence-corrected chi connectivity index (χ0v) is 14.4. The number of piperidine rings is 1. The van der Waals surface area contributed by atoms with Gasteiger partial charge in [0.1, 0.15) is 18.1 Å². The Labute approximate surface area is 146 Å². The molecule has 25 heavy (non-hydrogen) atoms. The molecule has 2 N–H and O–H groups in total. The van der Waals surface area contributed by atoms with Crippen molar-refractivity contribution in [1.82, 2.24) is 4.90 Å². The van der Waals surface area contributed by atoms with Crippen LogP contribution in [0.4, 0.5) is 0 Å². The van der Waals surface area contributed by atoms with Gasteiger partial charge in [-0.3, -0.25) is 4.79 Å². The van der Waals surface area contributed by atoms with Gasteiger partial charge < -0.3 is 24.3 Å². The van der Waals surface area contributed by atoms with Crippen molar-refractivity contribution in [2.45, 2.75) is 39.1 Å². The largest absolute Gasteiger partial charge is 0.489 e. The van der Waals surface area contributed by atoms with Crippen molar-refractivity contribution >= 4 is 5.91 Å². The summed E-state index contributed by atoms with van der Waals surface area (Å²) in [6.45, 7) is 4.49. The average molecular weight is 345 g/mol. The van der Waals surface area contributed by atoms with Gasteiger partial charge in [-0.1, -0.05) is 17.7 Å². The lowest BCUT2D eigenvalue weighted by Gasteiger charge is -2.32. The highest BCUT2D eigenvalue weighted by molar-refractivity contribution is 5.92. The van der Waals surface area contributed by atoms with Crippen molar-refractivity contribution in [3.63, 3.8) is 0 Å². The summed E-state index contributed by atoms with van der Waals surface area (Å²) in [7, 11) is 0. The fourth-order valence-electron chi connectivity index (χ4n) is 2.93. The number of aliphatic hydroxyl groups is 2. The Bertz CT molecular complexity index is 727. The Hall–Kier alpha value is -2.31. The maximum atomic E-state index is 12.5. The number of nitrogens with zero attached hydrogens (tertiary/aromatic N) is 1. The van der Waals surface area contributed by atoms with Crippen molar-refractivity contribution in [3.05, 3.63) is 53.0 Å². The van der Waals surface area contributed by atoms with Crippen LogP contribution in [0.1, 0.15) is 33.9 Å². The summed E-state index contributed by atoms with van der Waals surface area (Å²) in [5.74, 6) is 1.23. The van der Waals surface area contributed by atoms with Crippen LogP contribution in [0.5, 0.6) is 5.75 Å². The third kappa shape index (κ3) is 4.21. The predicted molar refractivity (Wildman–Crippen MR) is 91.5 cm³/mol. The van der Waals surface area contributed by atoms with Crippen LogP contribution < -0.4 is 4.74 Å². The first-order valence-electron chi connectivity index (χ1n) is 8.36. The maximum Gasteiger partial charge on any atom is 0.289 e. The van der Waals surface area contributed by atoms with Crippen LogP contribution >= 0.6 is 0 Å². The van der Waals surface area contributed by atoms with E-state index in [-0.39, 0.29) is 31.2 Å². The molecule has 1 aliphatic heterocycles. The summed E-state index contributed by atoms with van der Waals surface area (Å²) in [4.78, 5) is 14.0. The molecule has 3 rings (SSSR count). The van der Waals surface area contributed by atoms with Gasteiger partial charge in [0.2, 0.25) is 0 Å². The van der Waals surface area contributed by atoms with Crippen LogP contribution in [0.3, 0.4) is 0 Å². The van der Waals surface area contributed by atoms with E-state index in [1.165, 1.54) is 4.90 Å². The highest BCUT2D eigenvalue weighted by Gasteiger charge is 2.30. The second kappa shape index (κ2) is 7.29. The third-order valence-electron chi connectivity index (χ3n) is 4.34. The zero-order valence-electron chi connectivity index (χ0n) is 14.4. The van der Waals surface area contributed by atoms with Gasteiger partial charge in [0.05, 0.1) is 12.2 Å². The fourth-order valence-corrected chi connectivity index (χ4v) is 2.93. The first kappa shape index (κ1) is 17.5. The lowest BCUT2D eigenvalue weighted by Crippen LogP contribution is -2.48. The molecule has 2 aromatic rings. The van der Waals surface area contributed by atoms with Crippen LogP contribution in [-0.4, -0.2) is 46.3 Å². The summed E-state index contributed by atoms with van der Waals surface area (Å²) in [6, 6.07) is 9.40. The van der Waals surface area contributed by atoms with Crippen molar-refractivity contribution in [2.75, 3.05) is 13.1 Å². The summed E-state index contributed by atoms with van der Waals surface area (Å²) in [5.41, 5.74) is 1.95. The molecule has 1 fully saturated rings. The third-order valence-corrected chi connectivity index (χ3v) is 4.34. The minimum atomic E-state index is -0.715. The molecule has 0 radical (unpaired) electrons. The van der Waals surface area contributed by atoms with E-state index >= 15 is 0 Å². The molecule has 1 amide bonds. The molecular formula is C19H23NO5. The molecule has 6 heteroatoms. The summed E-state index contributed by atoms with van der Waals surface area (Å²) >= 11 is 0. The minimum Gasteiger partial charge on any atom is -0.489 e. The van der Waals surface area contributed by atoms with Gasteiger partial charge in [-0.2, -0.15) is 0 Å². The molecule has 1 saturated heterocycles. The second-order valence-electron chi connectivity index (χ2n) is 6.55. The lowest BCUT2D eigenvalue weighted by atomic mass is 10.1. The molecule has 1 aromatic carbocycles. The summed E-state index contributed by atoms with van der Waals surface area (Å²) < 4.78 is 11.3. The van der Waals surface area contributed by atoms with Gasteiger partial charge in [-0.05, 0) is 32.0 Å². The normalized spacial score (nSPS) is 20.6. The number of hydrogen-bond donors (Lipinski definition) is 2. The van der Waals surface area contributed by atoms with E-state index in [0.717, 1.165) is 16.9 Å².